The zero-order chi connectivity index (χ0) is 31.2. The number of carbonyl (C=O) groups is 4. The number of fused-ring (bicyclic) bond motifs is 6. The van der Waals surface area contributed by atoms with Crippen molar-refractivity contribution in [3.8, 4) is 0 Å². The van der Waals surface area contributed by atoms with Gasteiger partial charge in [-0.2, -0.15) is 0 Å². The number of esters is 2. The van der Waals surface area contributed by atoms with Crippen LogP contribution in [0.5, 0.6) is 0 Å². The van der Waals surface area contributed by atoms with Crippen LogP contribution in [-0.2, 0) is 28.5 Å². The van der Waals surface area contributed by atoms with E-state index in [-0.39, 0.29) is 59.4 Å². The van der Waals surface area contributed by atoms with Gasteiger partial charge in [0, 0.05) is 36.1 Å². The normalized spacial score (nSPS) is 40.1. The van der Waals surface area contributed by atoms with Crippen LogP contribution in [0.4, 0.5) is 9.59 Å². The van der Waals surface area contributed by atoms with Gasteiger partial charge in [0.1, 0.15) is 24.4 Å². The fourth-order valence-corrected chi connectivity index (χ4v) is 7.15. The van der Waals surface area contributed by atoms with E-state index in [0.29, 0.717) is 49.9 Å². The Hall–Kier alpha value is -3.64. The molecular formula is C32H42N4O8. The van der Waals surface area contributed by atoms with Gasteiger partial charge < -0.3 is 29.6 Å². The summed E-state index contributed by atoms with van der Waals surface area (Å²) in [5, 5.41) is 5.59. The molecule has 8 atom stereocenters. The summed E-state index contributed by atoms with van der Waals surface area (Å²) in [6.07, 6.45) is 9.19. The van der Waals surface area contributed by atoms with Crippen molar-refractivity contribution in [2.45, 2.75) is 101 Å². The minimum Gasteiger partial charge on any atom is -0.455 e. The number of hydrogen-bond donors (Lipinski definition) is 4. The third kappa shape index (κ3) is 6.14. The molecule has 0 bridgehead atoms. The predicted octanol–water partition coefficient (Wildman–Crippen LogP) is 3.01. The zero-order valence-corrected chi connectivity index (χ0v) is 25.4. The lowest BCUT2D eigenvalue weighted by Gasteiger charge is -2.20. The van der Waals surface area contributed by atoms with Gasteiger partial charge in [0.05, 0.1) is 11.2 Å². The van der Waals surface area contributed by atoms with Crippen LogP contribution in [0, 0.1) is 11.8 Å². The molecule has 44 heavy (non-hydrogen) atoms. The fourth-order valence-electron chi connectivity index (χ4n) is 7.15. The second kappa shape index (κ2) is 11.7. The second-order valence-electron chi connectivity index (χ2n) is 13.2. The van der Waals surface area contributed by atoms with E-state index in [1.807, 2.05) is 13.8 Å². The monoisotopic (exact) mass is 610 g/mol. The van der Waals surface area contributed by atoms with Crippen LogP contribution in [0.25, 0.3) is 0 Å². The number of rotatable bonds is 4. The summed E-state index contributed by atoms with van der Waals surface area (Å²) in [5.74, 6) is -0.955. The highest BCUT2D eigenvalue weighted by atomic mass is 16.7. The van der Waals surface area contributed by atoms with Crippen LogP contribution >= 0.6 is 0 Å². The Labute approximate surface area is 257 Å². The Morgan fingerprint density at radius 1 is 0.773 bits per heavy atom. The summed E-state index contributed by atoms with van der Waals surface area (Å²) in [4.78, 5) is 49.3. The molecule has 4 N–H and O–H groups in total. The molecule has 12 heteroatoms. The third-order valence-corrected chi connectivity index (χ3v) is 10.1. The van der Waals surface area contributed by atoms with Crippen molar-refractivity contribution in [2.75, 3.05) is 13.1 Å². The Morgan fingerprint density at radius 2 is 1.18 bits per heavy atom. The Bertz CT molecular complexity index is 1240. The highest BCUT2D eigenvalue weighted by Crippen LogP contribution is 2.51. The summed E-state index contributed by atoms with van der Waals surface area (Å²) >= 11 is 0. The number of hydrogen-bond acceptors (Lipinski definition) is 8. The first-order valence-electron chi connectivity index (χ1n) is 15.6. The number of carbonyl (C=O) groups excluding carboxylic acids is 4. The standard InChI is InChI=1S/C32H42N4O8/c1-17-21-11-9-19(7-5-13-31(3)25(43-31)23(21)41-27(17)37)15-33-29(39)35-36-30(40)34-16-20-8-6-14-32(4)26(44-32)24-22(12-10-20)18(2)28(38)42-24/h7-8,21-26H,1-2,5-6,9-16H2,3-4H3,(H2,33,35,39)(H2,34,36,40)/b19-7+,20-8+/t21-,22+,23-,24+,25-,26+,31+,32-. The summed E-state index contributed by atoms with van der Waals surface area (Å²) in [7, 11) is 0. The molecular weight excluding hydrogens is 568 g/mol. The topological polar surface area (TPSA) is 160 Å². The van der Waals surface area contributed by atoms with Gasteiger partial charge in [-0.3, -0.25) is 0 Å². The van der Waals surface area contributed by atoms with E-state index in [0.717, 1.165) is 36.8 Å². The van der Waals surface area contributed by atoms with Crippen LogP contribution in [0.1, 0.15) is 65.2 Å². The van der Waals surface area contributed by atoms with Crippen molar-refractivity contribution in [1.82, 2.24) is 21.5 Å². The van der Waals surface area contributed by atoms with Crippen molar-refractivity contribution < 1.29 is 38.1 Å². The summed E-state index contributed by atoms with van der Waals surface area (Å²) in [6, 6.07) is -1.09. The molecule has 4 aliphatic heterocycles. The fraction of sp³-hybridized carbons (Fsp3) is 0.625. The van der Waals surface area contributed by atoms with Crippen molar-refractivity contribution in [2.24, 2.45) is 11.8 Å². The first kappa shape index (κ1) is 30.4. The second-order valence-corrected chi connectivity index (χ2v) is 13.2. The molecule has 0 aromatic carbocycles. The van der Waals surface area contributed by atoms with E-state index < -0.39 is 12.1 Å². The molecule has 0 aromatic heterocycles. The molecule has 6 aliphatic rings. The molecule has 4 heterocycles. The first-order chi connectivity index (χ1) is 21.0. The molecule has 0 radical (unpaired) electrons. The van der Waals surface area contributed by atoms with Gasteiger partial charge in [-0.25, -0.2) is 30.0 Å². The number of nitrogens with one attached hydrogen (secondary N) is 4. The molecule has 12 nitrogen and oxygen atoms in total. The van der Waals surface area contributed by atoms with Crippen molar-refractivity contribution in [3.05, 3.63) is 47.6 Å². The molecule has 0 saturated carbocycles. The molecule has 0 aromatic rings. The average molecular weight is 611 g/mol. The predicted molar refractivity (Wildman–Crippen MR) is 158 cm³/mol. The number of hydrazine groups is 1. The summed E-state index contributed by atoms with van der Waals surface area (Å²) in [6.45, 7) is 12.6. The Balaban J connectivity index is 0.949. The summed E-state index contributed by atoms with van der Waals surface area (Å²) < 4.78 is 23.1. The van der Waals surface area contributed by atoms with Gasteiger partial charge in [-0.15, -0.1) is 0 Å². The van der Waals surface area contributed by atoms with Gasteiger partial charge in [0.25, 0.3) is 0 Å². The lowest BCUT2D eigenvalue weighted by molar-refractivity contribution is -0.140. The van der Waals surface area contributed by atoms with Gasteiger partial charge in [-0.1, -0.05) is 36.5 Å². The van der Waals surface area contributed by atoms with E-state index in [1.165, 1.54) is 0 Å². The Kier molecular flexibility index (Phi) is 8.08. The molecule has 0 unspecified atom stereocenters. The molecule has 4 fully saturated rings. The average Bonchev–Trinajstić information content (AvgIpc) is 3.80. The van der Waals surface area contributed by atoms with E-state index in [2.05, 4.69) is 46.8 Å². The van der Waals surface area contributed by atoms with Crippen LogP contribution in [0.15, 0.2) is 47.6 Å². The lowest BCUT2D eigenvalue weighted by Crippen LogP contribution is -2.51. The van der Waals surface area contributed by atoms with Gasteiger partial charge in [0.15, 0.2) is 0 Å². The quantitative estimate of drug-likeness (QED) is 0.124. The van der Waals surface area contributed by atoms with E-state index >= 15 is 0 Å². The third-order valence-electron chi connectivity index (χ3n) is 10.1. The lowest BCUT2D eigenvalue weighted by atomic mass is 9.84. The minimum absolute atomic E-state index is 0.104. The SMILES string of the molecule is C=C1C(=O)O[C@@H]2[C@@H]1CC/C(CNC(=O)NNC(=O)NC/C1=C/CC[C@@]3(C)O[C@H]3[C@H]3OC(=O)C(=C)[C@@H]3CC1)=C\CC[C@]1(C)O[C@H]21. The smallest absolute Gasteiger partial charge is 0.334 e. The largest absolute Gasteiger partial charge is 0.455 e. The van der Waals surface area contributed by atoms with E-state index in [9.17, 15) is 19.2 Å². The maximum atomic E-state index is 12.5. The minimum atomic E-state index is -0.544. The van der Waals surface area contributed by atoms with Gasteiger partial charge in [-0.05, 0) is 65.2 Å². The van der Waals surface area contributed by atoms with Crippen LogP contribution in [0.3, 0.4) is 0 Å². The Morgan fingerprint density at radius 3 is 1.59 bits per heavy atom. The molecule has 238 valence electrons. The first-order valence-corrected chi connectivity index (χ1v) is 15.6. The van der Waals surface area contributed by atoms with E-state index in [4.69, 9.17) is 18.9 Å². The van der Waals surface area contributed by atoms with Crippen LogP contribution in [0.2, 0.25) is 0 Å². The number of amides is 4. The molecule has 0 spiro atoms. The maximum Gasteiger partial charge on any atom is 0.334 e. The highest BCUT2D eigenvalue weighted by molar-refractivity contribution is 5.91. The number of epoxide rings is 2. The molecule has 4 amide bonds. The molecule has 6 rings (SSSR count). The van der Waals surface area contributed by atoms with Crippen molar-refractivity contribution >= 4 is 24.0 Å². The number of allylic oxidation sites excluding steroid dienone is 2. The van der Waals surface area contributed by atoms with Gasteiger partial charge in [0.2, 0.25) is 0 Å². The zero-order valence-electron chi connectivity index (χ0n) is 25.4. The molecule has 2 aliphatic carbocycles. The molecule has 4 saturated heterocycles. The van der Waals surface area contributed by atoms with Crippen molar-refractivity contribution in [3.63, 3.8) is 0 Å². The van der Waals surface area contributed by atoms with Crippen molar-refractivity contribution in [1.29, 1.82) is 0 Å². The number of ether oxygens (including phenoxy) is 4. The van der Waals surface area contributed by atoms with E-state index in [1.54, 1.807) is 0 Å². The number of urea groups is 2. The highest BCUT2D eigenvalue weighted by Gasteiger charge is 2.62. The maximum absolute atomic E-state index is 12.5. The van der Waals surface area contributed by atoms with Crippen LogP contribution < -0.4 is 21.5 Å². The summed E-state index contributed by atoms with van der Waals surface area (Å²) in [5.41, 5.74) is 7.13. The van der Waals surface area contributed by atoms with Gasteiger partial charge >= 0.3 is 24.0 Å². The van der Waals surface area contributed by atoms with Crippen LogP contribution in [-0.4, -0.2) is 72.7 Å².